The van der Waals surface area contributed by atoms with Crippen molar-refractivity contribution in [3.63, 3.8) is 0 Å². The second-order valence-electron chi connectivity index (χ2n) is 4.02. The molecular formula is C14H10BrClINO. The van der Waals surface area contributed by atoms with Crippen molar-refractivity contribution >= 4 is 61.7 Å². The average molecular weight is 451 g/mol. The third kappa shape index (κ3) is 3.49. The molecule has 0 radical (unpaired) electrons. The summed E-state index contributed by atoms with van der Waals surface area (Å²) < 4.78 is 1.72. The van der Waals surface area contributed by atoms with Crippen molar-refractivity contribution in [2.75, 3.05) is 5.32 Å². The number of rotatable bonds is 2. The van der Waals surface area contributed by atoms with E-state index in [2.05, 4.69) is 43.8 Å². The number of nitrogens with one attached hydrogen (secondary N) is 1. The van der Waals surface area contributed by atoms with Gasteiger partial charge in [0.2, 0.25) is 0 Å². The van der Waals surface area contributed by atoms with Crippen molar-refractivity contribution in [1.82, 2.24) is 0 Å². The van der Waals surface area contributed by atoms with Crippen LogP contribution < -0.4 is 5.32 Å². The highest BCUT2D eigenvalue weighted by atomic mass is 127. The molecule has 0 fully saturated rings. The Labute approximate surface area is 138 Å². The number of hydrogen-bond acceptors (Lipinski definition) is 1. The van der Waals surface area contributed by atoms with Crippen LogP contribution in [0.15, 0.2) is 40.9 Å². The van der Waals surface area contributed by atoms with Gasteiger partial charge in [-0.25, -0.2) is 0 Å². The van der Waals surface area contributed by atoms with Crippen molar-refractivity contribution in [1.29, 1.82) is 0 Å². The average Bonchev–Trinajstić information content (AvgIpc) is 2.36. The van der Waals surface area contributed by atoms with Crippen LogP contribution in [-0.2, 0) is 0 Å². The summed E-state index contributed by atoms with van der Waals surface area (Å²) >= 11 is 11.6. The summed E-state index contributed by atoms with van der Waals surface area (Å²) in [6.45, 7) is 1.92. The fraction of sp³-hybridized carbons (Fsp3) is 0.0714. The summed E-state index contributed by atoms with van der Waals surface area (Å²) in [6, 6.07) is 11.1. The van der Waals surface area contributed by atoms with Gasteiger partial charge in [-0.2, -0.15) is 0 Å². The smallest absolute Gasteiger partial charge is 0.256 e. The van der Waals surface area contributed by atoms with Crippen molar-refractivity contribution in [2.45, 2.75) is 6.92 Å². The molecule has 0 heterocycles. The Morgan fingerprint density at radius 2 is 2.00 bits per heavy atom. The summed E-state index contributed by atoms with van der Waals surface area (Å²) in [5.41, 5.74) is 2.27. The van der Waals surface area contributed by atoms with Gasteiger partial charge in [0.05, 0.1) is 11.3 Å². The molecule has 0 atom stereocenters. The van der Waals surface area contributed by atoms with E-state index in [1.807, 2.05) is 31.2 Å². The molecule has 0 saturated heterocycles. The molecule has 0 aliphatic rings. The van der Waals surface area contributed by atoms with E-state index in [1.54, 1.807) is 12.1 Å². The second kappa shape index (κ2) is 6.24. The fourth-order valence-corrected chi connectivity index (χ4v) is 2.93. The normalized spacial score (nSPS) is 10.3. The number of benzene rings is 2. The van der Waals surface area contributed by atoms with Gasteiger partial charge < -0.3 is 5.32 Å². The van der Waals surface area contributed by atoms with E-state index in [0.29, 0.717) is 16.3 Å². The van der Waals surface area contributed by atoms with Gasteiger partial charge >= 0.3 is 0 Å². The lowest BCUT2D eigenvalue weighted by Crippen LogP contribution is -2.13. The molecular weight excluding hydrogens is 440 g/mol. The Morgan fingerprint density at radius 1 is 1.32 bits per heavy atom. The predicted molar refractivity (Wildman–Crippen MR) is 91.0 cm³/mol. The minimum atomic E-state index is -0.148. The first-order chi connectivity index (χ1) is 8.99. The van der Waals surface area contributed by atoms with Crippen LogP contribution in [0.2, 0.25) is 5.02 Å². The van der Waals surface area contributed by atoms with E-state index in [0.717, 1.165) is 13.6 Å². The first-order valence-corrected chi connectivity index (χ1v) is 7.75. The molecule has 2 aromatic rings. The zero-order chi connectivity index (χ0) is 14.0. The van der Waals surface area contributed by atoms with Crippen LogP contribution in [0.5, 0.6) is 0 Å². The molecule has 19 heavy (non-hydrogen) atoms. The molecule has 0 aliphatic heterocycles. The summed E-state index contributed by atoms with van der Waals surface area (Å²) in [6.07, 6.45) is 0. The SMILES string of the molecule is Cc1cc(Br)c(NC(=O)c2ccccc2I)cc1Cl. The predicted octanol–water partition coefficient (Wildman–Crippen LogP) is 5.27. The van der Waals surface area contributed by atoms with Crippen molar-refractivity contribution in [2.24, 2.45) is 0 Å². The molecule has 0 aliphatic carbocycles. The first kappa shape index (κ1) is 14.8. The van der Waals surface area contributed by atoms with E-state index in [9.17, 15) is 4.79 Å². The summed E-state index contributed by atoms with van der Waals surface area (Å²) in [5.74, 6) is -0.148. The van der Waals surface area contributed by atoms with Crippen LogP contribution in [0.1, 0.15) is 15.9 Å². The Kier molecular flexibility index (Phi) is 4.86. The number of carbonyl (C=O) groups is 1. The minimum Gasteiger partial charge on any atom is -0.321 e. The molecule has 98 valence electrons. The molecule has 0 spiro atoms. The van der Waals surface area contributed by atoms with Gasteiger partial charge in [0, 0.05) is 13.1 Å². The van der Waals surface area contributed by atoms with E-state index in [-0.39, 0.29) is 5.91 Å². The van der Waals surface area contributed by atoms with E-state index >= 15 is 0 Å². The lowest BCUT2D eigenvalue weighted by Gasteiger charge is -2.10. The first-order valence-electron chi connectivity index (χ1n) is 5.50. The molecule has 0 unspecified atom stereocenters. The molecule has 2 rings (SSSR count). The van der Waals surface area contributed by atoms with E-state index < -0.39 is 0 Å². The number of hydrogen-bond donors (Lipinski definition) is 1. The molecule has 2 aromatic carbocycles. The lowest BCUT2D eigenvalue weighted by atomic mass is 10.2. The van der Waals surface area contributed by atoms with Gasteiger partial charge in [-0.1, -0.05) is 23.7 Å². The molecule has 5 heteroatoms. The number of anilines is 1. The zero-order valence-electron chi connectivity index (χ0n) is 10.0. The monoisotopic (exact) mass is 449 g/mol. The molecule has 0 aromatic heterocycles. The Balaban J connectivity index is 2.30. The maximum Gasteiger partial charge on any atom is 0.256 e. The summed E-state index contributed by atoms with van der Waals surface area (Å²) in [5, 5.41) is 3.49. The van der Waals surface area contributed by atoms with Crippen molar-refractivity contribution in [3.8, 4) is 0 Å². The van der Waals surface area contributed by atoms with Gasteiger partial charge in [0.25, 0.3) is 5.91 Å². The van der Waals surface area contributed by atoms with Crippen LogP contribution in [0, 0.1) is 10.5 Å². The second-order valence-corrected chi connectivity index (χ2v) is 6.44. The van der Waals surface area contributed by atoms with Gasteiger partial charge in [0.1, 0.15) is 0 Å². The van der Waals surface area contributed by atoms with Crippen molar-refractivity contribution in [3.05, 3.63) is 60.6 Å². The molecule has 1 N–H and O–H groups in total. The minimum absolute atomic E-state index is 0.148. The highest BCUT2D eigenvalue weighted by Crippen LogP contribution is 2.29. The fourth-order valence-electron chi connectivity index (χ4n) is 1.58. The van der Waals surface area contributed by atoms with Gasteiger partial charge in [-0.05, 0) is 75.3 Å². The third-order valence-corrected chi connectivity index (χ3v) is 4.62. The van der Waals surface area contributed by atoms with Crippen LogP contribution in [0.3, 0.4) is 0 Å². The number of aryl methyl sites for hydroxylation is 1. The standard InChI is InChI=1S/C14H10BrClINO/c1-8-6-10(15)13(7-11(8)16)18-14(19)9-4-2-3-5-12(9)17/h2-7H,1H3,(H,18,19). The largest absolute Gasteiger partial charge is 0.321 e. The third-order valence-electron chi connectivity index (χ3n) is 2.61. The highest BCUT2D eigenvalue weighted by molar-refractivity contribution is 14.1. The number of halogens is 3. The maximum atomic E-state index is 12.2. The van der Waals surface area contributed by atoms with Crippen LogP contribution in [0.25, 0.3) is 0 Å². The molecule has 2 nitrogen and oxygen atoms in total. The number of amides is 1. The quantitative estimate of drug-likeness (QED) is 0.621. The lowest BCUT2D eigenvalue weighted by molar-refractivity contribution is 0.102. The summed E-state index contributed by atoms with van der Waals surface area (Å²) in [7, 11) is 0. The Morgan fingerprint density at radius 3 is 2.68 bits per heavy atom. The molecule has 1 amide bonds. The van der Waals surface area contributed by atoms with E-state index in [4.69, 9.17) is 11.6 Å². The Bertz CT molecular complexity index is 645. The van der Waals surface area contributed by atoms with Crippen LogP contribution >= 0.6 is 50.1 Å². The van der Waals surface area contributed by atoms with Crippen LogP contribution in [-0.4, -0.2) is 5.91 Å². The molecule has 0 bridgehead atoms. The Hall–Kier alpha value is -0.590. The summed E-state index contributed by atoms with van der Waals surface area (Å²) in [4.78, 5) is 12.2. The van der Waals surface area contributed by atoms with Gasteiger partial charge in [-0.15, -0.1) is 0 Å². The zero-order valence-corrected chi connectivity index (χ0v) is 14.5. The van der Waals surface area contributed by atoms with E-state index in [1.165, 1.54) is 0 Å². The molecule has 0 saturated carbocycles. The highest BCUT2D eigenvalue weighted by Gasteiger charge is 2.12. The van der Waals surface area contributed by atoms with Crippen LogP contribution in [0.4, 0.5) is 5.69 Å². The van der Waals surface area contributed by atoms with Crippen molar-refractivity contribution < 1.29 is 4.79 Å². The number of carbonyl (C=O) groups excluding carboxylic acids is 1. The van der Waals surface area contributed by atoms with Gasteiger partial charge in [0.15, 0.2) is 0 Å². The maximum absolute atomic E-state index is 12.2. The van der Waals surface area contributed by atoms with Gasteiger partial charge in [-0.3, -0.25) is 4.79 Å². The topological polar surface area (TPSA) is 29.1 Å².